The zero-order valence-corrected chi connectivity index (χ0v) is 8.90. The molecule has 0 unspecified atom stereocenters. The molecular formula is C10H13Ru. The second kappa shape index (κ2) is 4.67. The molecule has 0 aliphatic heterocycles. The van der Waals surface area contributed by atoms with Crippen molar-refractivity contribution >= 4 is 0 Å². The van der Waals surface area contributed by atoms with Gasteiger partial charge in [0.05, 0.1) is 0 Å². The zero-order chi connectivity index (χ0) is 7.56. The van der Waals surface area contributed by atoms with Crippen molar-refractivity contribution in [3.8, 4) is 0 Å². The van der Waals surface area contributed by atoms with Gasteiger partial charge >= 0.3 is 19.5 Å². The van der Waals surface area contributed by atoms with Crippen LogP contribution in [0.1, 0.15) is 30.9 Å². The summed E-state index contributed by atoms with van der Waals surface area (Å²) in [5.74, 6) is 0.597. The van der Waals surface area contributed by atoms with Crippen LogP contribution >= 0.6 is 0 Å². The molecule has 0 nitrogen and oxygen atoms in total. The van der Waals surface area contributed by atoms with Gasteiger partial charge in [0.15, 0.2) is 0 Å². The quantitative estimate of drug-likeness (QED) is 0.517. The van der Waals surface area contributed by atoms with Crippen LogP contribution in [-0.2, 0) is 19.5 Å². The van der Waals surface area contributed by atoms with Crippen molar-refractivity contribution in [2.45, 2.75) is 26.7 Å². The van der Waals surface area contributed by atoms with Crippen molar-refractivity contribution in [1.29, 1.82) is 0 Å². The summed E-state index contributed by atoms with van der Waals surface area (Å²) in [5.41, 5.74) is 2.63. The third-order valence-electron chi connectivity index (χ3n) is 1.60. The molecule has 0 saturated carbocycles. The van der Waals surface area contributed by atoms with E-state index in [4.69, 9.17) is 0 Å². The van der Waals surface area contributed by atoms with Gasteiger partial charge in [0.25, 0.3) is 0 Å². The second-order valence-electron chi connectivity index (χ2n) is 2.98. The van der Waals surface area contributed by atoms with Crippen molar-refractivity contribution in [3.05, 3.63) is 35.4 Å². The van der Waals surface area contributed by atoms with E-state index >= 15 is 0 Å². The van der Waals surface area contributed by atoms with Gasteiger partial charge in [-0.15, -0.1) is 0 Å². The van der Waals surface area contributed by atoms with Gasteiger partial charge in [-0.1, -0.05) is 20.8 Å². The first-order valence-electron chi connectivity index (χ1n) is 3.68. The van der Waals surface area contributed by atoms with Crippen LogP contribution in [0.3, 0.4) is 0 Å². The standard InChI is InChI=1S/C10H13.Ru/c1-8(2)10-6-4-5-9(3)7-10;/h4-5,7-8H,1-3H3;/q-1;+1. The fourth-order valence-corrected chi connectivity index (χ4v) is 0.938. The normalized spacial score (nSPS) is 9.45. The Balaban J connectivity index is 0.000001000. The van der Waals surface area contributed by atoms with Gasteiger partial charge in [0, 0.05) is 0 Å². The maximum atomic E-state index is 3.21. The molecule has 1 rings (SSSR count). The van der Waals surface area contributed by atoms with Gasteiger partial charge in [0.1, 0.15) is 0 Å². The summed E-state index contributed by atoms with van der Waals surface area (Å²) in [6.07, 6.45) is 0. The Bertz CT molecular complexity index is 216. The molecule has 0 spiro atoms. The average molecular weight is 234 g/mol. The summed E-state index contributed by atoms with van der Waals surface area (Å²) in [6.45, 7) is 6.48. The van der Waals surface area contributed by atoms with Crippen molar-refractivity contribution in [3.63, 3.8) is 0 Å². The Labute approximate surface area is 81.8 Å². The first-order chi connectivity index (χ1) is 4.70. The molecule has 61 valence electrons. The number of hydrogen-bond acceptors (Lipinski definition) is 0. The molecule has 11 heavy (non-hydrogen) atoms. The molecule has 1 aromatic rings. The van der Waals surface area contributed by atoms with Gasteiger partial charge < -0.3 is 0 Å². The van der Waals surface area contributed by atoms with Gasteiger partial charge in [0.2, 0.25) is 0 Å². The summed E-state index contributed by atoms with van der Waals surface area (Å²) in [4.78, 5) is 0. The van der Waals surface area contributed by atoms with E-state index in [2.05, 4.69) is 39.0 Å². The molecule has 0 bridgehead atoms. The van der Waals surface area contributed by atoms with Crippen molar-refractivity contribution < 1.29 is 19.5 Å². The molecule has 0 aliphatic carbocycles. The Kier molecular flexibility index (Phi) is 4.60. The predicted octanol–water partition coefficient (Wildman–Crippen LogP) is 2.92. The largest absolute Gasteiger partial charge is 1.00 e. The van der Waals surface area contributed by atoms with Gasteiger partial charge in [-0.3, -0.25) is 0 Å². The Morgan fingerprint density at radius 2 is 2.00 bits per heavy atom. The summed E-state index contributed by atoms with van der Waals surface area (Å²) in [5, 5.41) is 0. The number of hydrogen-bond donors (Lipinski definition) is 0. The molecular weight excluding hydrogens is 221 g/mol. The van der Waals surface area contributed by atoms with Gasteiger partial charge in [-0.2, -0.15) is 35.4 Å². The van der Waals surface area contributed by atoms with Crippen LogP contribution in [-0.4, -0.2) is 0 Å². The number of aryl methyl sites for hydroxylation is 1. The molecule has 0 fully saturated rings. The van der Waals surface area contributed by atoms with Crippen molar-refractivity contribution in [1.82, 2.24) is 0 Å². The zero-order valence-electron chi connectivity index (χ0n) is 7.16. The second-order valence-corrected chi connectivity index (χ2v) is 2.98. The Morgan fingerprint density at radius 1 is 1.36 bits per heavy atom. The number of benzene rings is 1. The van der Waals surface area contributed by atoms with Crippen LogP contribution in [0, 0.1) is 13.0 Å². The molecule has 0 atom stereocenters. The summed E-state index contributed by atoms with van der Waals surface area (Å²) in [6, 6.07) is 9.46. The monoisotopic (exact) mass is 235 g/mol. The molecule has 0 aliphatic rings. The van der Waals surface area contributed by atoms with Crippen LogP contribution < -0.4 is 0 Å². The molecule has 0 N–H and O–H groups in total. The summed E-state index contributed by atoms with van der Waals surface area (Å²) in [7, 11) is 0. The van der Waals surface area contributed by atoms with Crippen LogP contribution in [0.4, 0.5) is 0 Å². The van der Waals surface area contributed by atoms with E-state index in [0.29, 0.717) is 5.92 Å². The predicted molar refractivity (Wildman–Crippen MR) is 44.1 cm³/mol. The molecule has 0 heterocycles. The molecule has 0 aromatic heterocycles. The fraction of sp³-hybridized carbons (Fsp3) is 0.400. The van der Waals surface area contributed by atoms with E-state index < -0.39 is 0 Å². The maximum absolute atomic E-state index is 3.21. The SMILES string of the molecule is Cc1cc[c-]c(C(C)C)c1.[Ru+]. The number of rotatable bonds is 1. The Hall–Kier alpha value is -0.157. The van der Waals surface area contributed by atoms with E-state index in [0.717, 1.165) is 0 Å². The topological polar surface area (TPSA) is 0 Å². The average Bonchev–Trinajstić information content (AvgIpc) is 1.88. The minimum absolute atomic E-state index is 0. The third-order valence-corrected chi connectivity index (χ3v) is 1.60. The maximum Gasteiger partial charge on any atom is 1.00 e. The van der Waals surface area contributed by atoms with E-state index in [9.17, 15) is 0 Å². The fourth-order valence-electron chi connectivity index (χ4n) is 0.938. The third kappa shape index (κ3) is 3.16. The molecule has 1 radical (unpaired) electrons. The molecule has 1 aromatic carbocycles. The van der Waals surface area contributed by atoms with Gasteiger partial charge in [-0.25, -0.2) is 0 Å². The molecule has 0 saturated heterocycles. The molecule has 0 amide bonds. The van der Waals surface area contributed by atoms with Crippen molar-refractivity contribution in [2.24, 2.45) is 0 Å². The van der Waals surface area contributed by atoms with E-state index in [-0.39, 0.29) is 19.5 Å². The first-order valence-corrected chi connectivity index (χ1v) is 3.68. The van der Waals surface area contributed by atoms with E-state index in [1.807, 2.05) is 6.07 Å². The smallest absolute Gasteiger partial charge is 0.180 e. The minimum atomic E-state index is 0. The van der Waals surface area contributed by atoms with Gasteiger partial charge in [-0.05, 0) is 5.92 Å². The summed E-state index contributed by atoms with van der Waals surface area (Å²) >= 11 is 0. The van der Waals surface area contributed by atoms with E-state index in [1.165, 1.54) is 11.1 Å². The minimum Gasteiger partial charge on any atom is -0.180 e. The molecule has 1 heteroatoms. The van der Waals surface area contributed by atoms with Crippen LogP contribution in [0.25, 0.3) is 0 Å². The first kappa shape index (κ1) is 10.8. The Morgan fingerprint density at radius 3 is 2.36 bits per heavy atom. The van der Waals surface area contributed by atoms with Crippen LogP contribution in [0.2, 0.25) is 0 Å². The van der Waals surface area contributed by atoms with Crippen LogP contribution in [0.15, 0.2) is 18.2 Å². The van der Waals surface area contributed by atoms with Crippen LogP contribution in [0.5, 0.6) is 0 Å². The van der Waals surface area contributed by atoms with Crippen molar-refractivity contribution in [2.75, 3.05) is 0 Å². The van der Waals surface area contributed by atoms with E-state index in [1.54, 1.807) is 0 Å². The summed E-state index contributed by atoms with van der Waals surface area (Å²) < 4.78 is 0.